The van der Waals surface area contributed by atoms with E-state index in [4.69, 9.17) is 9.59 Å². The molecule has 0 saturated carbocycles. The van der Waals surface area contributed by atoms with Crippen LogP contribution in [0, 0.1) is 0 Å². The fourth-order valence-corrected chi connectivity index (χ4v) is 0. The molecule has 56 valence electrons. The van der Waals surface area contributed by atoms with Crippen molar-refractivity contribution >= 4 is 12.1 Å². The quantitative estimate of drug-likeness (QED) is 0.215. The first-order valence-corrected chi connectivity index (χ1v) is 1.56. The number of rotatable bonds is 0. The number of primary amides is 4. The Bertz CT molecular complexity index is 75.6. The molecule has 0 aliphatic carbocycles. The zero-order valence-corrected chi connectivity index (χ0v) is 5.83. The van der Waals surface area contributed by atoms with Gasteiger partial charge < -0.3 is 29.1 Å². The van der Waals surface area contributed by atoms with Crippen molar-refractivity contribution < 1.29 is 28.4 Å². The van der Waals surface area contributed by atoms with Crippen LogP contribution in [0.5, 0.6) is 0 Å². The Morgan fingerprint density at radius 1 is 0.800 bits per heavy atom. The molecule has 0 rings (SSSR count). The predicted molar refractivity (Wildman–Crippen MR) is 32.6 cm³/mol. The summed E-state index contributed by atoms with van der Waals surface area (Å²) in [7, 11) is 0. The number of amides is 4. The van der Waals surface area contributed by atoms with Crippen molar-refractivity contribution in [3.8, 4) is 0 Å². The maximum Gasteiger partial charge on any atom is 1.00 e. The van der Waals surface area contributed by atoms with Crippen LogP contribution in [-0.2, 0) is 0 Å². The summed E-state index contributed by atoms with van der Waals surface area (Å²) in [4.78, 5) is 18.0. The Hall–Kier alpha value is -0.903. The van der Waals surface area contributed by atoms with Crippen LogP contribution in [0.1, 0.15) is 0 Å². The standard InChI is InChI=1S/2CH4N2O.Li.H3N/c2*2-1(3)4;;/h2*(H4,2,3,4);;1H3/q;;+1;. The van der Waals surface area contributed by atoms with E-state index in [0.717, 1.165) is 0 Å². The first-order chi connectivity index (χ1) is 3.46. The Labute approximate surface area is 70.2 Å². The molecule has 4 amide bonds. The van der Waals surface area contributed by atoms with E-state index in [1.807, 2.05) is 0 Å². The molecule has 0 aromatic carbocycles. The van der Waals surface area contributed by atoms with Crippen LogP contribution in [0.25, 0.3) is 0 Å². The number of carbonyl (C=O) groups is 2. The second kappa shape index (κ2) is 15.7. The van der Waals surface area contributed by atoms with Crippen molar-refractivity contribution in [3.63, 3.8) is 0 Å². The molecular weight excluding hydrogens is 133 g/mol. The van der Waals surface area contributed by atoms with E-state index in [2.05, 4.69) is 22.9 Å². The summed E-state index contributed by atoms with van der Waals surface area (Å²) in [6, 6.07) is -1.67. The van der Waals surface area contributed by atoms with Gasteiger partial charge in [-0.2, -0.15) is 0 Å². The van der Waals surface area contributed by atoms with Crippen LogP contribution in [-0.4, -0.2) is 12.1 Å². The van der Waals surface area contributed by atoms with Crippen molar-refractivity contribution in [2.45, 2.75) is 0 Å². The number of hydrogen-bond acceptors (Lipinski definition) is 3. The van der Waals surface area contributed by atoms with Crippen molar-refractivity contribution in [3.05, 3.63) is 0 Å². The summed E-state index contributed by atoms with van der Waals surface area (Å²) in [6.07, 6.45) is 0. The molecule has 0 heterocycles. The second-order valence-electron chi connectivity index (χ2n) is 0.805. The molecule has 10 heavy (non-hydrogen) atoms. The largest absolute Gasteiger partial charge is 1.00 e. The average Bonchev–Trinajstić information content (AvgIpc) is 1.25. The molecule has 0 spiro atoms. The van der Waals surface area contributed by atoms with E-state index in [0.29, 0.717) is 0 Å². The minimum Gasteiger partial charge on any atom is -0.352 e. The molecule has 0 aromatic rings. The van der Waals surface area contributed by atoms with Gasteiger partial charge in [0, 0.05) is 0 Å². The van der Waals surface area contributed by atoms with Crippen LogP contribution in [0.4, 0.5) is 9.59 Å². The van der Waals surface area contributed by atoms with Crippen LogP contribution < -0.4 is 47.9 Å². The van der Waals surface area contributed by atoms with Gasteiger partial charge >= 0.3 is 30.9 Å². The van der Waals surface area contributed by atoms with Gasteiger partial charge in [-0.1, -0.05) is 0 Å². The first-order valence-electron chi connectivity index (χ1n) is 1.56. The molecule has 0 radical (unpaired) electrons. The number of urea groups is 2. The second-order valence-corrected chi connectivity index (χ2v) is 0.805. The normalized spacial score (nSPS) is 4.80. The molecule has 0 aliphatic heterocycles. The zero-order chi connectivity index (χ0) is 7.15. The molecule has 11 N–H and O–H groups in total. The summed E-state index contributed by atoms with van der Waals surface area (Å²) in [6.45, 7) is 0. The fraction of sp³-hybridized carbons (Fsp3) is 0. The van der Waals surface area contributed by atoms with Crippen molar-refractivity contribution in [2.75, 3.05) is 0 Å². The Kier molecular flexibility index (Phi) is 36.0. The summed E-state index contributed by atoms with van der Waals surface area (Å²) in [5.41, 5.74) is 17.0. The molecule has 7 nitrogen and oxygen atoms in total. The number of carbonyl (C=O) groups excluding carboxylic acids is 2. The molecule has 0 unspecified atom stereocenters. The van der Waals surface area contributed by atoms with Gasteiger partial charge in [0.05, 0.1) is 0 Å². The van der Waals surface area contributed by atoms with E-state index in [1.54, 1.807) is 0 Å². The van der Waals surface area contributed by atoms with E-state index in [9.17, 15) is 0 Å². The predicted octanol–water partition coefficient (Wildman–Crippen LogP) is -4.79. The Balaban J connectivity index is -0.0000000300. The smallest absolute Gasteiger partial charge is 0.352 e. The van der Waals surface area contributed by atoms with Gasteiger partial charge in [0.15, 0.2) is 0 Å². The van der Waals surface area contributed by atoms with Gasteiger partial charge in [0.25, 0.3) is 0 Å². The third kappa shape index (κ3) is 324. The molecule has 0 aromatic heterocycles. The Morgan fingerprint density at radius 2 is 0.800 bits per heavy atom. The van der Waals surface area contributed by atoms with Crippen LogP contribution in [0.15, 0.2) is 0 Å². The van der Waals surface area contributed by atoms with Gasteiger partial charge in [-0.25, -0.2) is 9.59 Å². The van der Waals surface area contributed by atoms with Crippen LogP contribution in [0.3, 0.4) is 0 Å². The fourth-order valence-electron chi connectivity index (χ4n) is 0. The summed E-state index contributed by atoms with van der Waals surface area (Å²) >= 11 is 0. The van der Waals surface area contributed by atoms with E-state index < -0.39 is 12.1 Å². The maximum atomic E-state index is 9.00. The first kappa shape index (κ1) is 23.0. The molecule has 0 saturated heterocycles. The number of nitrogens with two attached hydrogens (primary N) is 4. The van der Waals surface area contributed by atoms with E-state index >= 15 is 0 Å². The monoisotopic (exact) mass is 144 g/mol. The SMILES string of the molecule is N.NC(N)=O.NC(N)=O.[Li+]. The van der Waals surface area contributed by atoms with Gasteiger partial charge in [-0.15, -0.1) is 0 Å². The summed E-state index contributed by atoms with van der Waals surface area (Å²) in [5.74, 6) is 0. The molecule has 0 atom stereocenters. The van der Waals surface area contributed by atoms with Crippen molar-refractivity contribution in [1.29, 1.82) is 0 Å². The third-order valence-corrected chi connectivity index (χ3v) is 0. The molecule has 0 fully saturated rings. The molecule has 0 aliphatic rings. The summed E-state index contributed by atoms with van der Waals surface area (Å²) in [5, 5.41) is 0. The van der Waals surface area contributed by atoms with Crippen LogP contribution in [0.2, 0.25) is 0 Å². The van der Waals surface area contributed by atoms with Crippen molar-refractivity contribution in [1.82, 2.24) is 6.15 Å². The summed E-state index contributed by atoms with van der Waals surface area (Å²) < 4.78 is 0. The third-order valence-electron chi connectivity index (χ3n) is 0. The minimum absolute atomic E-state index is 0. The van der Waals surface area contributed by atoms with Gasteiger partial charge in [0.1, 0.15) is 0 Å². The zero-order valence-electron chi connectivity index (χ0n) is 5.83. The molecule has 8 heteroatoms. The number of hydrogen-bond donors (Lipinski definition) is 5. The minimum atomic E-state index is -0.833. The van der Waals surface area contributed by atoms with Gasteiger partial charge in [-0.05, 0) is 0 Å². The topological polar surface area (TPSA) is 173 Å². The van der Waals surface area contributed by atoms with Gasteiger partial charge in [-0.3, -0.25) is 0 Å². The Morgan fingerprint density at radius 3 is 0.800 bits per heavy atom. The maximum absolute atomic E-state index is 9.00. The van der Waals surface area contributed by atoms with E-state index in [-0.39, 0.29) is 25.0 Å². The van der Waals surface area contributed by atoms with Crippen LogP contribution >= 0.6 is 0 Å². The van der Waals surface area contributed by atoms with E-state index in [1.165, 1.54) is 0 Å². The van der Waals surface area contributed by atoms with Gasteiger partial charge in [0.2, 0.25) is 0 Å². The average molecular weight is 144 g/mol. The van der Waals surface area contributed by atoms with Crippen molar-refractivity contribution in [2.24, 2.45) is 22.9 Å². The molecular formula is C2H11LiN5O2+. The molecule has 0 bridgehead atoms.